The van der Waals surface area contributed by atoms with E-state index >= 15 is 0 Å². The molecule has 0 spiro atoms. The van der Waals surface area contributed by atoms with Crippen LogP contribution in [-0.4, -0.2) is 18.8 Å². The van der Waals surface area contributed by atoms with Crippen molar-refractivity contribution in [2.45, 2.75) is 19.6 Å². The standard InChI is InChI=1S/C13H16N2SSi/c1-17(2,3)12-5-4-11(16-12)13(14)10-6-8-15-9-7-10/h4-9,14H,1-3H3. The monoisotopic (exact) mass is 260 g/mol. The van der Waals surface area contributed by atoms with Gasteiger partial charge in [-0.05, 0) is 22.7 Å². The number of nitrogens with one attached hydrogen (secondary N) is 1. The highest BCUT2D eigenvalue weighted by atomic mass is 32.1. The van der Waals surface area contributed by atoms with Gasteiger partial charge >= 0.3 is 0 Å². The van der Waals surface area contributed by atoms with Crippen LogP contribution in [0.2, 0.25) is 19.6 Å². The predicted molar refractivity (Wildman–Crippen MR) is 77.5 cm³/mol. The van der Waals surface area contributed by atoms with Gasteiger partial charge in [0.1, 0.15) is 0 Å². The summed E-state index contributed by atoms with van der Waals surface area (Å²) < 4.78 is 1.45. The van der Waals surface area contributed by atoms with E-state index in [-0.39, 0.29) is 0 Å². The number of rotatable bonds is 3. The quantitative estimate of drug-likeness (QED) is 0.668. The Kier molecular flexibility index (Phi) is 3.26. The minimum Gasteiger partial charge on any atom is -0.299 e. The molecular weight excluding hydrogens is 244 g/mol. The summed E-state index contributed by atoms with van der Waals surface area (Å²) in [6.07, 6.45) is 3.47. The molecule has 2 aromatic rings. The summed E-state index contributed by atoms with van der Waals surface area (Å²) in [5, 5.41) is 8.19. The summed E-state index contributed by atoms with van der Waals surface area (Å²) in [5.74, 6) is 0. The smallest absolute Gasteiger partial charge is 0.0904 e. The van der Waals surface area contributed by atoms with Crippen molar-refractivity contribution in [1.29, 1.82) is 5.41 Å². The van der Waals surface area contributed by atoms with Gasteiger partial charge in [0.25, 0.3) is 0 Å². The van der Waals surface area contributed by atoms with E-state index in [1.807, 2.05) is 12.1 Å². The number of aromatic nitrogens is 1. The van der Waals surface area contributed by atoms with E-state index in [1.54, 1.807) is 23.7 Å². The van der Waals surface area contributed by atoms with E-state index < -0.39 is 8.07 Å². The van der Waals surface area contributed by atoms with E-state index in [4.69, 9.17) is 5.41 Å². The summed E-state index contributed by atoms with van der Waals surface area (Å²) in [5.41, 5.74) is 1.53. The van der Waals surface area contributed by atoms with Gasteiger partial charge in [0.05, 0.1) is 18.7 Å². The van der Waals surface area contributed by atoms with Crippen LogP contribution in [0.1, 0.15) is 10.4 Å². The van der Waals surface area contributed by atoms with Crippen LogP contribution in [0.3, 0.4) is 0 Å². The lowest BCUT2D eigenvalue weighted by Crippen LogP contribution is -2.34. The molecule has 2 nitrogen and oxygen atoms in total. The lowest BCUT2D eigenvalue weighted by molar-refractivity contribution is 1.31. The first kappa shape index (κ1) is 12.2. The molecule has 88 valence electrons. The van der Waals surface area contributed by atoms with Crippen LogP contribution < -0.4 is 4.50 Å². The van der Waals surface area contributed by atoms with Gasteiger partial charge in [-0.1, -0.05) is 25.7 Å². The molecular formula is C13H16N2SSi. The first-order chi connectivity index (χ1) is 7.98. The van der Waals surface area contributed by atoms with E-state index in [0.717, 1.165) is 10.4 Å². The topological polar surface area (TPSA) is 36.7 Å². The van der Waals surface area contributed by atoms with Crippen LogP contribution in [0.25, 0.3) is 0 Å². The van der Waals surface area contributed by atoms with Crippen molar-refractivity contribution in [2.75, 3.05) is 0 Å². The van der Waals surface area contributed by atoms with Gasteiger partial charge in [-0.2, -0.15) is 0 Å². The van der Waals surface area contributed by atoms with Gasteiger partial charge in [0.2, 0.25) is 0 Å². The highest BCUT2D eigenvalue weighted by Crippen LogP contribution is 2.16. The van der Waals surface area contributed by atoms with Gasteiger partial charge in [-0.3, -0.25) is 10.4 Å². The van der Waals surface area contributed by atoms with Gasteiger partial charge < -0.3 is 0 Å². The van der Waals surface area contributed by atoms with Crippen molar-refractivity contribution in [1.82, 2.24) is 4.98 Å². The van der Waals surface area contributed by atoms with Crippen LogP contribution in [0.15, 0.2) is 36.7 Å². The normalized spacial score (nSPS) is 11.5. The Morgan fingerprint density at radius 2 is 1.76 bits per heavy atom. The SMILES string of the molecule is C[Si](C)(C)c1ccc(C(=N)c2ccncc2)s1. The second kappa shape index (κ2) is 4.54. The Hall–Kier alpha value is -1.26. The molecule has 0 atom stereocenters. The lowest BCUT2D eigenvalue weighted by atomic mass is 10.1. The molecule has 17 heavy (non-hydrogen) atoms. The molecule has 2 heterocycles. The molecule has 0 amide bonds. The lowest BCUT2D eigenvalue weighted by Gasteiger charge is -2.12. The minimum atomic E-state index is -1.25. The largest absolute Gasteiger partial charge is 0.299 e. The zero-order valence-electron chi connectivity index (χ0n) is 10.3. The van der Waals surface area contributed by atoms with Crippen molar-refractivity contribution in [3.05, 3.63) is 47.1 Å². The highest BCUT2D eigenvalue weighted by Gasteiger charge is 2.19. The number of thiophene rings is 1. The number of nitrogens with zero attached hydrogens (tertiary/aromatic N) is 1. The summed E-state index contributed by atoms with van der Waals surface area (Å²) in [7, 11) is -1.25. The van der Waals surface area contributed by atoms with E-state index in [9.17, 15) is 0 Å². The molecule has 0 bridgehead atoms. The van der Waals surface area contributed by atoms with Gasteiger partial charge in [-0.25, -0.2) is 0 Å². The zero-order valence-corrected chi connectivity index (χ0v) is 12.1. The zero-order chi connectivity index (χ0) is 12.5. The fourth-order valence-electron chi connectivity index (χ4n) is 1.54. The summed E-state index contributed by atoms with van der Waals surface area (Å²) in [6, 6.07) is 8.02. The molecule has 0 aliphatic carbocycles. The van der Waals surface area contributed by atoms with Crippen molar-refractivity contribution >= 4 is 29.6 Å². The molecule has 0 aliphatic rings. The molecule has 0 unspecified atom stereocenters. The molecule has 0 saturated carbocycles. The molecule has 0 saturated heterocycles. The first-order valence-electron chi connectivity index (χ1n) is 5.58. The Morgan fingerprint density at radius 3 is 2.29 bits per heavy atom. The molecule has 0 aliphatic heterocycles. The maximum Gasteiger partial charge on any atom is 0.0904 e. The third kappa shape index (κ3) is 2.70. The number of pyridine rings is 1. The summed E-state index contributed by atoms with van der Waals surface area (Å²) >= 11 is 1.76. The van der Waals surface area contributed by atoms with Crippen LogP contribution in [-0.2, 0) is 0 Å². The predicted octanol–water partition coefficient (Wildman–Crippen LogP) is 3.10. The Labute approximate surface area is 107 Å². The van der Waals surface area contributed by atoms with Crippen LogP contribution in [0.5, 0.6) is 0 Å². The summed E-state index contributed by atoms with van der Waals surface area (Å²) in [4.78, 5) is 5.03. The Bertz CT molecular complexity index is 526. The molecule has 2 aromatic heterocycles. The third-order valence-corrected chi connectivity index (χ3v) is 7.27. The van der Waals surface area contributed by atoms with Gasteiger partial charge in [0, 0.05) is 18.0 Å². The molecule has 0 fully saturated rings. The highest BCUT2D eigenvalue weighted by molar-refractivity contribution is 7.27. The van der Waals surface area contributed by atoms with Crippen LogP contribution in [0, 0.1) is 5.41 Å². The molecule has 0 aromatic carbocycles. The molecule has 4 heteroatoms. The van der Waals surface area contributed by atoms with E-state index in [2.05, 4.69) is 36.8 Å². The average molecular weight is 260 g/mol. The number of hydrogen-bond donors (Lipinski definition) is 1. The maximum absolute atomic E-state index is 8.19. The van der Waals surface area contributed by atoms with Crippen molar-refractivity contribution in [3.63, 3.8) is 0 Å². The van der Waals surface area contributed by atoms with Crippen LogP contribution in [0.4, 0.5) is 0 Å². The van der Waals surface area contributed by atoms with Crippen molar-refractivity contribution < 1.29 is 0 Å². The Balaban J connectivity index is 2.30. The molecule has 1 N–H and O–H groups in total. The second-order valence-corrected chi connectivity index (χ2v) is 11.5. The molecule has 2 rings (SSSR count). The number of hydrogen-bond acceptors (Lipinski definition) is 3. The van der Waals surface area contributed by atoms with E-state index in [1.165, 1.54) is 4.50 Å². The third-order valence-electron chi connectivity index (χ3n) is 2.56. The van der Waals surface area contributed by atoms with Gasteiger partial charge in [0.15, 0.2) is 0 Å². The Morgan fingerprint density at radius 1 is 1.12 bits per heavy atom. The maximum atomic E-state index is 8.19. The van der Waals surface area contributed by atoms with Crippen molar-refractivity contribution in [3.8, 4) is 0 Å². The molecule has 0 radical (unpaired) electrons. The average Bonchev–Trinajstić information content (AvgIpc) is 2.78. The fraction of sp³-hybridized carbons (Fsp3) is 0.231. The van der Waals surface area contributed by atoms with Crippen LogP contribution >= 0.6 is 11.3 Å². The first-order valence-corrected chi connectivity index (χ1v) is 9.90. The second-order valence-electron chi connectivity index (χ2n) is 5.02. The fourth-order valence-corrected chi connectivity index (χ4v) is 4.40. The minimum absolute atomic E-state index is 0.599. The van der Waals surface area contributed by atoms with Gasteiger partial charge in [-0.15, -0.1) is 11.3 Å². The van der Waals surface area contributed by atoms with E-state index in [0.29, 0.717) is 5.71 Å². The summed E-state index contributed by atoms with van der Waals surface area (Å²) in [6.45, 7) is 7.00. The van der Waals surface area contributed by atoms with Crippen molar-refractivity contribution in [2.24, 2.45) is 0 Å².